The van der Waals surface area contributed by atoms with Gasteiger partial charge in [0.15, 0.2) is 0 Å². The molecule has 2 aromatic rings. The van der Waals surface area contributed by atoms with Gasteiger partial charge < -0.3 is 15.0 Å². The maximum absolute atomic E-state index is 12.4. The Bertz CT molecular complexity index is 686. The summed E-state index contributed by atoms with van der Waals surface area (Å²) in [4.78, 5) is 26.5. The van der Waals surface area contributed by atoms with Crippen LogP contribution in [0.3, 0.4) is 0 Å². The highest BCUT2D eigenvalue weighted by Gasteiger charge is 2.26. The van der Waals surface area contributed by atoms with Crippen molar-refractivity contribution in [2.45, 2.75) is 19.5 Å². The molecule has 0 bridgehead atoms. The minimum atomic E-state index is -0.145. The lowest BCUT2D eigenvalue weighted by atomic mass is 10.2. The molecule has 1 saturated heterocycles. The van der Waals surface area contributed by atoms with Crippen molar-refractivity contribution in [3.05, 3.63) is 34.7 Å². The standard InChI is InChI=1S/C17H23N5O2S/c1-13(16(23)19-12-14-4-3-11-25-14)21-7-9-22(10-8-21)17-18-6-5-15(20-17)24-2/h3-6,11,13H,7-10,12H2,1-2H3,(H,19,23). The Kier molecular flexibility index (Phi) is 5.83. The summed E-state index contributed by atoms with van der Waals surface area (Å²) in [5.41, 5.74) is 0. The average Bonchev–Trinajstić information content (AvgIpc) is 3.19. The van der Waals surface area contributed by atoms with Crippen molar-refractivity contribution < 1.29 is 9.53 Å². The number of thiophene rings is 1. The molecule has 0 spiro atoms. The second-order valence-electron chi connectivity index (χ2n) is 5.90. The minimum Gasteiger partial charge on any atom is -0.481 e. The fraction of sp³-hybridized carbons (Fsp3) is 0.471. The Morgan fingerprint density at radius 1 is 1.36 bits per heavy atom. The molecule has 2 aromatic heterocycles. The maximum atomic E-state index is 12.4. The van der Waals surface area contributed by atoms with Gasteiger partial charge in [-0.1, -0.05) is 6.07 Å². The molecule has 1 aliphatic rings. The van der Waals surface area contributed by atoms with E-state index in [1.165, 1.54) is 4.88 Å². The highest BCUT2D eigenvalue weighted by molar-refractivity contribution is 7.09. The van der Waals surface area contributed by atoms with Crippen LogP contribution in [-0.4, -0.2) is 60.1 Å². The van der Waals surface area contributed by atoms with Gasteiger partial charge in [-0.3, -0.25) is 9.69 Å². The van der Waals surface area contributed by atoms with Gasteiger partial charge in [0, 0.05) is 43.3 Å². The Morgan fingerprint density at radius 2 is 2.16 bits per heavy atom. The van der Waals surface area contributed by atoms with Crippen molar-refractivity contribution in [3.8, 4) is 5.88 Å². The summed E-state index contributed by atoms with van der Waals surface area (Å²) in [7, 11) is 1.60. The Morgan fingerprint density at radius 3 is 2.84 bits per heavy atom. The summed E-state index contributed by atoms with van der Waals surface area (Å²) in [6, 6.07) is 5.62. The molecule has 0 saturated carbocycles. The second kappa shape index (κ2) is 8.26. The lowest BCUT2D eigenvalue weighted by Gasteiger charge is -2.37. The normalized spacial score (nSPS) is 16.5. The number of nitrogens with one attached hydrogen (secondary N) is 1. The summed E-state index contributed by atoms with van der Waals surface area (Å²) >= 11 is 1.65. The van der Waals surface area contributed by atoms with Crippen LogP contribution in [-0.2, 0) is 11.3 Å². The molecule has 0 radical (unpaired) electrons. The fourth-order valence-corrected chi connectivity index (χ4v) is 3.45. The van der Waals surface area contributed by atoms with E-state index in [2.05, 4.69) is 25.1 Å². The van der Waals surface area contributed by atoms with E-state index in [1.54, 1.807) is 30.7 Å². The summed E-state index contributed by atoms with van der Waals surface area (Å²) < 4.78 is 5.15. The molecular weight excluding hydrogens is 338 g/mol. The number of hydrogen-bond acceptors (Lipinski definition) is 7. The molecule has 3 heterocycles. The number of piperazine rings is 1. The molecule has 1 unspecified atom stereocenters. The van der Waals surface area contributed by atoms with Crippen molar-refractivity contribution in [2.24, 2.45) is 0 Å². The molecule has 1 N–H and O–H groups in total. The molecule has 3 rings (SSSR count). The largest absolute Gasteiger partial charge is 0.481 e. The third-order valence-electron chi connectivity index (χ3n) is 4.37. The Labute approximate surface area is 151 Å². The highest BCUT2D eigenvalue weighted by atomic mass is 32.1. The van der Waals surface area contributed by atoms with Crippen LogP contribution in [0.15, 0.2) is 29.8 Å². The van der Waals surface area contributed by atoms with E-state index in [1.807, 2.05) is 24.4 Å². The summed E-state index contributed by atoms with van der Waals surface area (Å²) in [6.07, 6.45) is 1.70. The highest BCUT2D eigenvalue weighted by Crippen LogP contribution is 2.15. The van der Waals surface area contributed by atoms with Crippen LogP contribution in [0, 0.1) is 0 Å². The summed E-state index contributed by atoms with van der Waals surface area (Å²) in [5.74, 6) is 1.31. The number of amides is 1. The smallest absolute Gasteiger partial charge is 0.237 e. The van der Waals surface area contributed by atoms with Crippen LogP contribution in [0.25, 0.3) is 0 Å². The van der Waals surface area contributed by atoms with E-state index in [-0.39, 0.29) is 11.9 Å². The molecule has 134 valence electrons. The summed E-state index contributed by atoms with van der Waals surface area (Å²) in [5, 5.41) is 5.03. The maximum Gasteiger partial charge on any atom is 0.237 e. The van der Waals surface area contributed by atoms with Crippen molar-refractivity contribution >= 4 is 23.2 Å². The first kappa shape index (κ1) is 17.6. The van der Waals surface area contributed by atoms with E-state index in [4.69, 9.17) is 4.74 Å². The van der Waals surface area contributed by atoms with E-state index in [0.717, 1.165) is 26.2 Å². The van der Waals surface area contributed by atoms with Crippen LogP contribution in [0.1, 0.15) is 11.8 Å². The zero-order chi connectivity index (χ0) is 17.6. The number of nitrogens with zero attached hydrogens (tertiary/aromatic N) is 4. The van der Waals surface area contributed by atoms with Crippen LogP contribution in [0.4, 0.5) is 5.95 Å². The quantitative estimate of drug-likeness (QED) is 0.838. The van der Waals surface area contributed by atoms with Crippen molar-refractivity contribution in [1.29, 1.82) is 0 Å². The SMILES string of the molecule is COc1ccnc(N2CCN(C(C)C(=O)NCc3cccs3)CC2)n1. The van der Waals surface area contributed by atoms with Crippen LogP contribution in [0.5, 0.6) is 5.88 Å². The van der Waals surface area contributed by atoms with Crippen LogP contribution < -0.4 is 15.0 Å². The Balaban J connectivity index is 1.49. The van der Waals surface area contributed by atoms with Crippen molar-refractivity contribution in [3.63, 3.8) is 0 Å². The molecule has 0 aromatic carbocycles. The number of rotatable bonds is 6. The predicted octanol–water partition coefficient (Wildman–Crippen LogP) is 1.37. The zero-order valence-electron chi connectivity index (χ0n) is 14.5. The van der Waals surface area contributed by atoms with Gasteiger partial charge in [-0.2, -0.15) is 4.98 Å². The first-order valence-corrected chi connectivity index (χ1v) is 9.21. The number of carbonyl (C=O) groups is 1. The fourth-order valence-electron chi connectivity index (χ4n) is 2.81. The number of ether oxygens (including phenoxy) is 1. The zero-order valence-corrected chi connectivity index (χ0v) is 15.3. The molecule has 8 heteroatoms. The van der Waals surface area contributed by atoms with E-state index in [9.17, 15) is 4.79 Å². The third-order valence-corrected chi connectivity index (χ3v) is 5.24. The van der Waals surface area contributed by atoms with Crippen molar-refractivity contribution in [2.75, 3.05) is 38.2 Å². The number of aromatic nitrogens is 2. The number of hydrogen-bond donors (Lipinski definition) is 1. The average molecular weight is 361 g/mol. The molecule has 0 aliphatic carbocycles. The minimum absolute atomic E-state index is 0.0690. The summed E-state index contributed by atoms with van der Waals surface area (Å²) in [6.45, 7) is 5.73. The third kappa shape index (κ3) is 4.46. The van der Waals surface area contributed by atoms with Crippen LogP contribution >= 0.6 is 11.3 Å². The van der Waals surface area contributed by atoms with Gasteiger partial charge in [0.05, 0.1) is 19.7 Å². The lowest BCUT2D eigenvalue weighted by molar-refractivity contribution is -0.126. The van der Waals surface area contributed by atoms with E-state index >= 15 is 0 Å². The number of carbonyl (C=O) groups excluding carboxylic acids is 1. The molecule has 1 fully saturated rings. The van der Waals surface area contributed by atoms with E-state index < -0.39 is 0 Å². The monoisotopic (exact) mass is 361 g/mol. The van der Waals surface area contributed by atoms with Crippen molar-refractivity contribution in [1.82, 2.24) is 20.2 Å². The molecule has 1 atom stereocenters. The van der Waals surface area contributed by atoms with Gasteiger partial charge in [-0.25, -0.2) is 4.98 Å². The molecule has 25 heavy (non-hydrogen) atoms. The number of methoxy groups -OCH3 is 1. The number of anilines is 1. The second-order valence-corrected chi connectivity index (χ2v) is 6.93. The van der Waals surface area contributed by atoms with Gasteiger partial charge in [0.25, 0.3) is 0 Å². The van der Waals surface area contributed by atoms with Crippen LogP contribution in [0.2, 0.25) is 0 Å². The van der Waals surface area contributed by atoms with Gasteiger partial charge >= 0.3 is 0 Å². The Hall–Kier alpha value is -2.19. The molecule has 1 amide bonds. The lowest BCUT2D eigenvalue weighted by Crippen LogP contribution is -2.54. The molecule has 7 nitrogen and oxygen atoms in total. The molecular formula is C17H23N5O2S. The first-order chi connectivity index (χ1) is 12.2. The molecule has 1 aliphatic heterocycles. The van der Waals surface area contributed by atoms with Gasteiger partial charge in [-0.05, 0) is 18.4 Å². The van der Waals surface area contributed by atoms with Gasteiger partial charge in [0.1, 0.15) is 0 Å². The van der Waals surface area contributed by atoms with E-state index in [0.29, 0.717) is 18.4 Å². The van der Waals surface area contributed by atoms with Gasteiger partial charge in [-0.15, -0.1) is 11.3 Å². The predicted molar refractivity (Wildman–Crippen MR) is 98.0 cm³/mol. The van der Waals surface area contributed by atoms with Gasteiger partial charge in [0.2, 0.25) is 17.7 Å². The first-order valence-electron chi connectivity index (χ1n) is 8.33. The topological polar surface area (TPSA) is 70.6 Å².